The molecule has 1 amide bonds. The van der Waals surface area contributed by atoms with Crippen molar-refractivity contribution in [1.29, 1.82) is 0 Å². The van der Waals surface area contributed by atoms with Crippen LogP contribution in [0.25, 0.3) is 11.1 Å². The van der Waals surface area contributed by atoms with E-state index in [9.17, 15) is 4.79 Å². The normalized spacial score (nSPS) is 11.9. The lowest BCUT2D eigenvalue weighted by Gasteiger charge is -2.20. The van der Waals surface area contributed by atoms with Crippen molar-refractivity contribution in [3.05, 3.63) is 65.0 Å². The Morgan fingerprint density at radius 3 is 2.54 bits per heavy atom. The van der Waals surface area contributed by atoms with E-state index in [0.717, 1.165) is 27.8 Å². The van der Waals surface area contributed by atoms with Crippen LogP contribution in [0, 0.1) is 6.92 Å². The highest BCUT2D eigenvalue weighted by Gasteiger charge is 2.20. The van der Waals surface area contributed by atoms with Gasteiger partial charge in [0.1, 0.15) is 0 Å². The monoisotopic (exact) mass is 379 g/mol. The molecule has 0 aliphatic heterocycles. The molecule has 0 saturated heterocycles. The van der Waals surface area contributed by atoms with Crippen molar-refractivity contribution in [3.8, 4) is 22.6 Å². The van der Waals surface area contributed by atoms with Gasteiger partial charge in [-0.3, -0.25) is 9.48 Å². The third-order valence-corrected chi connectivity index (χ3v) is 5.12. The van der Waals surface area contributed by atoms with Gasteiger partial charge in [-0.2, -0.15) is 5.10 Å². The molecular formula is C22H25N3O3. The van der Waals surface area contributed by atoms with Gasteiger partial charge in [-0.1, -0.05) is 19.1 Å². The number of methoxy groups -OCH3 is 2. The number of aryl methyl sites for hydroxylation is 1. The van der Waals surface area contributed by atoms with Gasteiger partial charge >= 0.3 is 0 Å². The fourth-order valence-corrected chi connectivity index (χ4v) is 3.58. The summed E-state index contributed by atoms with van der Waals surface area (Å²) in [5.41, 5.74) is 10.9. The van der Waals surface area contributed by atoms with Gasteiger partial charge in [0, 0.05) is 35.9 Å². The fraction of sp³-hybridized carbons (Fsp3) is 0.273. The van der Waals surface area contributed by atoms with Gasteiger partial charge in [-0.05, 0) is 41.8 Å². The Labute approximate surface area is 164 Å². The first kappa shape index (κ1) is 19.5. The van der Waals surface area contributed by atoms with E-state index in [1.54, 1.807) is 31.2 Å². The number of hydrogen-bond acceptors (Lipinski definition) is 4. The van der Waals surface area contributed by atoms with Crippen molar-refractivity contribution in [2.24, 2.45) is 12.8 Å². The predicted octanol–water partition coefficient (Wildman–Crippen LogP) is 3.66. The maximum atomic E-state index is 11.7. The summed E-state index contributed by atoms with van der Waals surface area (Å²) in [6.45, 7) is 4.02. The number of amides is 1. The fourth-order valence-electron chi connectivity index (χ4n) is 3.58. The molecule has 0 unspecified atom stereocenters. The first-order valence-corrected chi connectivity index (χ1v) is 9.01. The smallest absolute Gasteiger partial charge is 0.248 e. The van der Waals surface area contributed by atoms with Crippen LogP contribution in [0.4, 0.5) is 0 Å². The number of carbonyl (C=O) groups excluding carboxylic acids is 1. The van der Waals surface area contributed by atoms with Gasteiger partial charge in [-0.25, -0.2) is 0 Å². The molecular weight excluding hydrogens is 354 g/mol. The first-order valence-electron chi connectivity index (χ1n) is 9.01. The van der Waals surface area contributed by atoms with Crippen molar-refractivity contribution in [2.75, 3.05) is 14.2 Å². The van der Waals surface area contributed by atoms with Crippen LogP contribution in [-0.4, -0.2) is 29.9 Å². The minimum atomic E-state index is -0.421. The Morgan fingerprint density at radius 2 is 1.96 bits per heavy atom. The number of ether oxygens (including phenoxy) is 2. The molecule has 1 aromatic heterocycles. The van der Waals surface area contributed by atoms with Crippen LogP contribution < -0.4 is 15.2 Å². The molecule has 2 N–H and O–H groups in total. The highest BCUT2D eigenvalue weighted by atomic mass is 16.5. The molecule has 0 fully saturated rings. The predicted molar refractivity (Wildman–Crippen MR) is 109 cm³/mol. The van der Waals surface area contributed by atoms with Crippen LogP contribution in [0.2, 0.25) is 0 Å². The quantitative estimate of drug-likeness (QED) is 0.709. The lowest BCUT2D eigenvalue weighted by Crippen LogP contribution is -2.14. The molecule has 1 heterocycles. The van der Waals surface area contributed by atoms with Gasteiger partial charge in [-0.15, -0.1) is 0 Å². The SMILES string of the molecule is COc1cc([C@@H](C)c2cccc(C(N)=O)c2C)cc(-c2cnn(C)c2)c1OC. The zero-order valence-electron chi connectivity index (χ0n) is 16.8. The summed E-state index contributed by atoms with van der Waals surface area (Å²) in [4.78, 5) is 11.7. The summed E-state index contributed by atoms with van der Waals surface area (Å²) in [6.07, 6.45) is 3.73. The second-order valence-electron chi connectivity index (χ2n) is 6.81. The van der Waals surface area contributed by atoms with E-state index in [1.807, 2.05) is 38.4 Å². The largest absolute Gasteiger partial charge is 0.493 e. The van der Waals surface area contributed by atoms with E-state index < -0.39 is 5.91 Å². The van der Waals surface area contributed by atoms with Crippen LogP contribution in [-0.2, 0) is 7.05 Å². The van der Waals surface area contributed by atoms with E-state index in [1.165, 1.54) is 0 Å². The summed E-state index contributed by atoms with van der Waals surface area (Å²) >= 11 is 0. The maximum Gasteiger partial charge on any atom is 0.248 e. The Bertz CT molecular complexity index is 1020. The average Bonchev–Trinajstić information content (AvgIpc) is 3.12. The number of benzene rings is 2. The molecule has 1 atom stereocenters. The van der Waals surface area contributed by atoms with E-state index in [2.05, 4.69) is 18.1 Å². The first-order chi connectivity index (χ1) is 13.4. The van der Waals surface area contributed by atoms with Crippen molar-refractivity contribution >= 4 is 5.91 Å². The molecule has 146 valence electrons. The topological polar surface area (TPSA) is 79.4 Å². The second kappa shape index (κ2) is 7.76. The Kier molecular flexibility index (Phi) is 5.40. The molecule has 0 aliphatic rings. The third-order valence-electron chi connectivity index (χ3n) is 5.12. The van der Waals surface area contributed by atoms with Crippen LogP contribution in [0.15, 0.2) is 42.7 Å². The average molecular weight is 379 g/mol. The molecule has 3 rings (SSSR count). The van der Waals surface area contributed by atoms with E-state index in [0.29, 0.717) is 17.1 Å². The molecule has 0 saturated carbocycles. The lowest BCUT2D eigenvalue weighted by molar-refractivity contribution is 0.0999. The lowest BCUT2D eigenvalue weighted by atomic mass is 9.86. The zero-order chi connectivity index (χ0) is 20.4. The van der Waals surface area contributed by atoms with E-state index >= 15 is 0 Å². The van der Waals surface area contributed by atoms with Crippen LogP contribution in [0.1, 0.15) is 39.9 Å². The molecule has 6 nitrogen and oxygen atoms in total. The van der Waals surface area contributed by atoms with Crippen molar-refractivity contribution in [2.45, 2.75) is 19.8 Å². The van der Waals surface area contributed by atoms with Crippen LogP contribution in [0.3, 0.4) is 0 Å². The van der Waals surface area contributed by atoms with Gasteiger partial charge in [0.15, 0.2) is 11.5 Å². The summed E-state index contributed by atoms with van der Waals surface area (Å²) in [5, 5.41) is 4.27. The van der Waals surface area contributed by atoms with Gasteiger partial charge in [0.05, 0.1) is 20.4 Å². The van der Waals surface area contributed by atoms with Gasteiger partial charge in [0.2, 0.25) is 5.91 Å². The van der Waals surface area contributed by atoms with Gasteiger partial charge < -0.3 is 15.2 Å². The second-order valence-corrected chi connectivity index (χ2v) is 6.81. The molecule has 3 aromatic rings. The van der Waals surface area contributed by atoms with Crippen LogP contribution >= 0.6 is 0 Å². The standard InChI is InChI=1S/C22H25N3O3/c1-13(17-7-6-8-18(14(17)2)22(23)26)15-9-19(16-11-24-25(3)12-16)21(28-5)20(10-15)27-4/h6-13H,1-5H3,(H2,23,26)/t13-/m1/s1. The highest BCUT2D eigenvalue weighted by Crippen LogP contribution is 2.42. The van der Waals surface area contributed by atoms with E-state index in [4.69, 9.17) is 15.2 Å². The molecule has 2 aromatic carbocycles. The number of hydrogen-bond donors (Lipinski definition) is 1. The molecule has 0 bridgehead atoms. The summed E-state index contributed by atoms with van der Waals surface area (Å²) in [5.74, 6) is 0.910. The Balaban J connectivity index is 2.17. The van der Waals surface area contributed by atoms with Crippen LogP contribution in [0.5, 0.6) is 11.5 Å². The maximum absolute atomic E-state index is 11.7. The van der Waals surface area contributed by atoms with Crippen molar-refractivity contribution < 1.29 is 14.3 Å². The van der Waals surface area contributed by atoms with E-state index in [-0.39, 0.29) is 5.92 Å². The number of primary amides is 1. The molecule has 0 spiro atoms. The van der Waals surface area contributed by atoms with Crippen molar-refractivity contribution in [1.82, 2.24) is 9.78 Å². The number of nitrogens with zero attached hydrogens (tertiary/aromatic N) is 2. The minimum absolute atomic E-state index is 0.0227. The molecule has 6 heteroatoms. The number of carbonyl (C=O) groups is 1. The highest BCUT2D eigenvalue weighted by molar-refractivity contribution is 5.94. The summed E-state index contributed by atoms with van der Waals surface area (Å²) in [6, 6.07) is 9.69. The number of nitrogens with two attached hydrogens (primary N) is 1. The summed E-state index contributed by atoms with van der Waals surface area (Å²) in [7, 11) is 5.12. The molecule has 0 aliphatic carbocycles. The zero-order valence-corrected chi connectivity index (χ0v) is 16.8. The number of rotatable bonds is 6. The Morgan fingerprint density at radius 1 is 1.21 bits per heavy atom. The number of aromatic nitrogens is 2. The Hall–Kier alpha value is -3.28. The molecule has 28 heavy (non-hydrogen) atoms. The summed E-state index contributed by atoms with van der Waals surface area (Å²) < 4.78 is 13.0. The van der Waals surface area contributed by atoms with Crippen molar-refractivity contribution in [3.63, 3.8) is 0 Å². The minimum Gasteiger partial charge on any atom is -0.493 e. The van der Waals surface area contributed by atoms with Gasteiger partial charge in [0.25, 0.3) is 0 Å². The third kappa shape index (κ3) is 3.45. The molecule has 0 radical (unpaired) electrons.